The summed E-state index contributed by atoms with van der Waals surface area (Å²) in [5, 5.41) is 2.81. The van der Waals surface area contributed by atoms with E-state index < -0.39 is 10.0 Å². The van der Waals surface area contributed by atoms with Gasteiger partial charge in [-0.25, -0.2) is 8.42 Å². The molecule has 2 rings (SSSR count). The standard InChI is InChI=1S/C19H24N2O4S2/c1-5-27(23,24)21-16-9-8-15(11-17(16)25-4)20-19(22)12-26-18-10-13(2)6-7-14(18)3/h6-11,21H,5,12H2,1-4H3,(H,20,22). The molecule has 0 fully saturated rings. The Kier molecular flexibility index (Phi) is 7.15. The average molecular weight is 409 g/mol. The Morgan fingerprint density at radius 2 is 1.89 bits per heavy atom. The van der Waals surface area contributed by atoms with Crippen molar-refractivity contribution in [1.82, 2.24) is 0 Å². The average Bonchev–Trinajstić information content (AvgIpc) is 2.63. The molecule has 27 heavy (non-hydrogen) atoms. The Bertz CT molecular complexity index is 927. The van der Waals surface area contributed by atoms with Crippen LogP contribution in [0.1, 0.15) is 18.1 Å². The molecular weight excluding hydrogens is 384 g/mol. The van der Waals surface area contributed by atoms with Crippen LogP contribution in [-0.4, -0.2) is 32.9 Å². The van der Waals surface area contributed by atoms with E-state index in [1.54, 1.807) is 25.1 Å². The second-order valence-corrected chi connectivity index (χ2v) is 9.05. The zero-order valence-corrected chi connectivity index (χ0v) is 17.5. The van der Waals surface area contributed by atoms with Crippen LogP contribution in [-0.2, 0) is 14.8 Å². The van der Waals surface area contributed by atoms with Gasteiger partial charge in [0, 0.05) is 16.6 Å². The quantitative estimate of drug-likeness (QED) is 0.649. The van der Waals surface area contributed by atoms with E-state index in [1.807, 2.05) is 26.0 Å². The van der Waals surface area contributed by atoms with Gasteiger partial charge in [-0.2, -0.15) is 0 Å². The molecular formula is C19H24N2O4S2. The number of hydrogen-bond acceptors (Lipinski definition) is 5. The van der Waals surface area contributed by atoms with Crippen LogP contribution in [0.25, 0.3) is 0 Å². The molecule has 0 atom stereocenters. The maximum atomic E-state index is 12.3. The fraction of sp³-hybridized carbons (Fsp3) is 0.316. The molecule has 2 aromatic rings. The van der Waals surface area contributed by atoms with Gasteiger partial charge >= 0.3 is 0 Å². The minimum atomic E-state index is -3.41. The molecule has 146 valence electrons. The summed E-state index contributed by atoms with van der Waals surface area (Å²) in [7, 11) is -1.96. The number of anilines is 2. The number of aryl methyl sites for hydroxylation is 2. The molecule has 0 saturated carbocycles. The Labute approximate surface area is 164 Å². The van der Waals surface area contributed by atoms with Gasteiger partial charge in [0.1, 0.15) is 5.75 Å². The van der Waals surface area contributed by atoms with Gasteiger partial charge in [0.25, 0.3) is 0 Å². The lowest BCUT2D eigenvalue weighted by molar-refractivity contribution is -0.113. The Morgan fingerprint density at radius 1 is 1.15 bits per heavy atom. The summed E-state index contributed by atoms with van der Waals surface area (Å²) in [6, 6.07) is 10.9. The number of carbonyl (C=O) groups is 1. The first-order valence-corrected chi connectivity index (χ1v) is 11.1. The summed E-state index contributed by atoms with van der Waals surface area (Å²) in [4.78, 5) is 13.3. The van der Waals surface area contributed by atoms with Crippen molar-refractivity contribution in [3.8, 4) is 5.75 Å². The smallest absolute Gasteiger partial charge is 0.234 e. The maximum Gasteiger partial charge on any atom is 0.234 e. The Balaban J connectivity index is 2.04. The van der Waals surface area contributed by atoms with Crippen molar-refractivity contribution in [1.29, 1.82) is 0 Å². The minimum absolute atomic E-state index is 0.0375. The number of methoxy groups -OCH3 is 1. The van der Waals surface area contributed by atoms with E-state index in [-0.39, 0.29) is 17.4 Å². The van der Waals surface area contributed by atoms with E-state index in [0.717, 1.165) is 16.0 Å². The number of ether oxygens (including phenoxy) is 1. The first-order chi connectivity index (χ1) is 12.7. The van der Waals surface area contributed by atoms with Gasteiger partial charge in [0.05, 0.1) is 24.3 Å². The Morgan fingerprint density at radius 3 is 2.56 bits per heavy atom. The molecule has 0 bridgehead atoms. The van der Waals surface area contributed by atoms with Gasteiger partial charge in [0.2, 0.25) is 15.9 Å². The number of amides is 1. The lowest BCUT2D eigenvalue weighted by Crippen LogP contribution is -2.16. The number of nitrogens with one attached hydrogen (secondary N) is 2. The second-order valence-electron chi connectivity index (χ2n) is 6.03. The molecule has 1 amide bonds. The number of sulfonamides is 1. The normalized spacial score (nSPS) is 11.1. The summed E-state index contributed by atoms with van der Waals surface area (Å²) in [6.07, 6.45) is 0. The summed E-state index contributed by atoms with van der Waals surface area (Å²) < 4.78 is 31.2. The molecule has 0 unspecified atom stereocenters. The van der Waals surface area contributed by atoms with Gasteiger partial charge in [-0.1, -0.05) is 17.7 Å². The van der Waals surface area contributed by atoms with Gasteiger partial charge in [-0.3, -0.25) is 9.52 Å². The predicted molar refractivity (Wildman–Crippen MR) is 111 cm³/mol. The molecule has 0 aliphatic heterocycles. The number of carbonyl (C=O) groups excluding carboxylic acids is 1. The van der Waals surface area contributed by atoms with Crippen molar-refractivity contribution in [3.05, 3.63) is 47.5 Å². The lowest BCUT2D eigenvalue weighted by atomic mass is 10.2. The second kappa shape index (κ2) is 9.14. The number of thioether (sulfide) groups is 1. The minimum Gasteiger partial charge on any atom is -0.494 e. The largest absolute Gasteiger partial charge is 0.494 e. The molecule has 0 aliphatic carbocycles. The third-order valence-electron chi connectivity index (χ3n) is 3.83. The van der Waals surface area contributed by atoms with E-state index in [9.17, 15) is 13.2 Å². The molecule has 0 heterocycles. The van der Waals surface area contributed by atoms with Gasteiger partial charge in [-0.05, 0) is 44.5 Å². The fourth-order valence-electron chi connectivity index (χ4n) is 2.30. The molecule has 0 aromatic heterocycles. The van der Waals surface area contributed by atoms with Crippen LogP contribution in [0.2, 0.25) is 0 Å². The van der Waals surface area contributed by atoms with Crippen LogP contribution < -0.4 is 14.8 Å². The number of benzene rings is 2. The van der Waals surface area contributed by atoms with Crippen molar-refractivity contribution >= 4 is 39.1 Å². The molecule has 0 spiro atoms. The van der Waals surface area contributed by atoms with Crippen molar-refractivity contribution in [2.45, 2.75) is 25.7 Å². The van der Waals surface area contributed by atoms with Crippen LogP contribution >= 0.6 is 11.8 Å². The van der Waals surface area contributed by atoms with E-state index in [1.165, 1.54) is 18.9 Å². The topological polar surface area (TPSA) is 84.5 Å². The van der Waals surface area contributed by atoms with Crippen LogP contribution in [0.15, 0.2) is 41.3 Å². The van der Waals surface area contributed by atoms with Crippen molar-refractivity contribution < 1.29 is 17.9 Å². The van der Waals surface area contributed by atoms with Crippen LogP contribution in [0.3, 0.4) is 0 Å². The third-order valence-corrected chi connectivity index (χ3v) is 6.28. The molecule has 2 N–H and O–H groups in total. The summed E-state index contributed by atoms with van der Waals surface area (Å²) in [6.45, 7) is 5.59. The van der Waals surface area contributed by atoms with Crippen molar-refractivity contribution in [2.75, 3.05) is 28.7 Å². The van der Waals surface area contributed by atoms with Gasteiger partial charge in [0.15, 0.2) is 0 Å². The molecule has 0 radical (unpaired) electrons. The van der Waals surface area contributed by atoms with Crippen LogP contribution in [0.4, 0.5) is 11.4 Å². The first kappa shape index (κ1) is 21.1. The molecule has 8 heteroatoms. The SMILES string of the molecule is CCS(=O)(=O)Nc1ccc(NC(=O)CSc2cc(C)ccc2C)cc1OC. The summed E-state index contributed by atoms with van der Waals surface area (Å²) in [5.74, 6) is 0.429. The number of hydrogen-bond donors (Lipinski definition) is 2. The zero-order chi connectivity index (χ0) is 20.0. The molecule has 0 saturated heterocycles. The molecule has 6 nitrogen and oxygen atoms in total. The van der Waals surface area contributed by atoms with E-state index in [4.69, 9.17) is 4.74 Å². The zero-order valence-electron chi connectivity index (χ0n) is 15.8. The third kappa shape index (κ3) is 6.18. The van der Waals surface area contributed by atoms with Gasteiger partial charge < -0.3 is 10.1 Å². The van der Waals surface area contributed by atoms with Crippen LogP contribution in [0.5, 0.6) is 5.75 Å². The summed E-state index contributed by atoms with van der Waals surface area (Å²) >= 11 is 1.48. The van der Waals surface area contributed by atoms with Crippen molar-refractivity contribution in [2.24, 2.45) is 0 Å². The van der Waals surface area contributed by atoms with E-state index in [2.05, 4.69) is 16.1 Å². The predicted octanol–water partition coefficient (Wildman–Crippen LogP) is 3.80. The van der Waals surface area contributed by atoms with Crippen molar-refractivity contribution in [3.63, 3.8) is 0 Å². The fourth-order valence-corrected chi connectivity index (χ4v) is 3.87. The van der Waals surface area contributed by atoms with E-state index in [0.29, 0.717) is 17.1 Å². The molecule has 0 aliphatic rings. The Hall–Kier alpha value is -2.19. The molecule has 2 aromatic carbocycles. The number of rotatable bonds is 8. The highest BCUT2D eigenvalue weighted by Gasteiger charge is 2.13. The van der Waals surface area contributed by atoms with Crippen LogP contribution in [0, 0.1) is 13.8 Å². The lowest BCUT2D eigenvalue weighted by Gasteiger charge is -2.13. The highest BCUT2D eigenvalue weighted by atomic mass is 32.2. The summed E-state index contributed by atoms with van der Waals surface area (Å²) in [5.41, 5.74) is 3.16. The van der Waals surface area contributed by atoms with E-state index >= 15 is 0 Å². The monoisotopic (exact) mass is 408 g/mol. The highest BCUT2D eigenvalue weighted by Crippen LogP contribution is 2.29. The van der Waals surface area contributed by atoms with Gasteiger partial charge in [-0.15, -0.1) is 11.8 Å². The first-order valence-electron chi connectivity index (χ1n) is 8.42. The maximum absolute atomic E-state index is 12.3. The highest BCUT2D eigenvalue weighted by molar-refractivity contribution is 8.00.